The lowest BCUT2D eigenvalue weighted by molar-refractivity contribution is 0.0755. The molecule has 0 bridgehead atoms. The third kappa shape index (κ3) is 3.03. The van der Waals surface area contributed by atoms with Gasteiger partial charge in [-0.15, -0.1) is 11.8 Å². The zero-order valence-corrected chi connectivity index (χ0v) is 13.3. The summed E-state index contributed by atoms with van der Waals surface area (Å²) in [6.07, 6.45) is 0. The minimum atomic E-state index is -0.637. The van der Waals surface area contributed by atoms with Gasteiger partial charge in [0, 0.05) is 23.9 Å². The Morgan fingerprint density at radius 1 is 1.26 bits per heavy atom. The Morgan fingerprint density at radius 2 is 2.04 bits per heavy atom. The summed E-state index contributed by atoms with van der Waals surface area (Å²) in [5.74, 6) is -0.310. The van der Waals surface area contributed by atoms with E-state index >= 15 is 0 Å². The second kappa shape index (κ2) is 6.58. The van der Waals surface area contributed by atoms with Crippen LogP contribution in [0.15, 0.2) is 42.5 Å². The van der Waals surface area contributed by atoms with Gasteiger partial charge in [0.05, 0.1) is 12.7 Å². The maximum Gasteiger partial charge on any atom is 0.258 e. The molecule has 23 heavy (non-hydrogen) atoms. The van der Waals surface area contributed by atoms with Crippen LogP contribution in [0.4, 0.5) is 8.78 Å². The van der Waals surface area contributed by atoms with Crippen molar-refractivity contribution in [3.63, 3.8) is 0 Å². The number of halogens is 2. The fourth-order valence-corrected chi connectivity index (χ4v) is 3.89. The molecule has 2 aromatic rings. The van der Waals surface area contributed by atoms with Gasteiger partial charge in [0.2, 0.25) is 0 Å². The molecular formula is C17H15F2NO2S. The molecule has 0 saturated carbocycles. The van der Waals surface area contributed by atoms with Crippen molar-refractivity contribution < 1.29 is 18.3 Å². The van der Waals surface area contributed by atoms with Crippen LogP contribution in [0.2, 0.25) is 0 Å². The Hall–Kier alpha value is -2.08. The average Bonchev–Trinajstić information content (AvgIpc) is 3.03. The van der Waals surface area contributed by atoms with Crippen molar-refractivity contribution in [2.75, 3.05) is 19.4 Å². The van der Waals surface area contributed by atoms with Crippen molar-refractivity contribution in [1.82, 2.24) is 4.90 Å². The van der Waals surface area contributed by atoms with Gasteiger partial charge in [-0.3, -0.25) is 4.79 Å². The summed E-state index contributed by atoms with van der Waals surface area (Å²) in [5, 5.41) is -0.465. The second-order valence-electron chi connectivity index (χ2n) is 5.09. The molecule has 1 aliphatic rings. The molecule has 3 nitrogen and oxygen atoms in total. The summed E-state index contributed by atoms with van der Waals surface area (Å²) in [6, 6.07) is 10.4. The van der Waals surface area contributed by atoms with E-state index in [4.69, 9.17) is 4.74 Å². The molecule has 1 aliphatic heterocycles. The first-order valence-corrected chi connectivity index (χ1v) is 8.17. The van der Waals surface area contributed by atoms with Crippen molar-refractivity contribution in [2.45, 2.75) is 5.37 Å². The van der Waals surface area contributed by atoms with Crippen molar-refractivity contribution in [1.29, 1.82) is 0 Å². The minimum Gasteiger partial charge on any atom is -0.496 e. The maximum atomic E-state index is 14.1. The fourth-order valence-electron chi connectivity index (χ4n) is 2.61. The number of benzene rings is 2. The molecule has 0 radical (unpaired) electrons. The van der Waals surface area contributed by atoms with Gasteiger partial charge in [-0.25, -0.2) is 8.78 Å². The Bertz CT molecular complexity index is 738. The van der Waals surface area contributed by atoms with Gasteiger partial charge >= 0.3 is 0 Å². The molecule has 1 heterocycles. The average molecular weight is 335 g/mol. The van der Waals surface area contributed by atoms with Crippen LogP contribution in [0, 0.1) is 11.6 Å². The first kappa shape index (κ1) is 15.8. The lowest BCUT2D eigenvalue weighted by Gasteiger charge is -2.25. The Kier molecular flexibility index (Phi) is 4.52. The third-order valence-corrected chi connectivity index (χ3v) is 4.96. The highest BCUT2D eigenvalue weighted by molar-refractivity contribution is 7.99. The van der Waals surface area contributed by atoms with Gasteiger partial charge in [-0.2, -0.15) is 0 Å². The van der Waals surface area contributed by atoms with E-state index in [1.807, 2.05) is 0 Å². The molecule has 0 N–H and O–H groups in total. The van der Waals surface area contributed by atoms with Gasteiger partial charge < -0.3 is 9.64 Å². The van der Waals surface area contributed by atoms with E-state index in [1.54, 1.807) is 29.2 Å². The summed E-state index contributed by atoms with van der Waals surface area (Å²) in [4.78, 5) is 14.4. The molecule has 6 heteroatoms. The number of carbonyl (C=O) groups excluding carboxylic acids is 1. The lowest BCUT2D eigenvalue weighted by Crippen LogP contribution is -2.31. The van der Waals surface area contributed by atoms with Gasteiger partial charge in [0.25, 0.3) is 5.91 Å². The van der Waals surface area contributed by atoms with E-state index in [-0.39, 0.29) is 5.91 Å². The standard InChI is InChI=1S/C17H15F2NO2S/c1-22-15-5-3-2-4-13(15)16(21)20-8-9-23-17(20)12-7-6-11(18)10-14(12)19/h2-7,10,17H,8-9H2,1H3/t17-/m1/s1. The zero-order chi connectivity index (χ0) is 16.4. The molecule has 1 saturated heterocycles. The highest BCUT2D eigenvalue weighted by Crippen LogP contribution is 2.40. The Balaban J connectivity index is 1.94. The molecule has 120 valence electrons. The van der Waals surface area contributed by atoms with Crippen molar-refractivity contribution in [3.8, 4) is 5.75 Å². The fraction of sp³-hybridized carbons (Fsp3) is 0.235. The minimum absolute atomic E-state index is 0.221. The summed E-state index contributed by atoms with van der Waals surface area (Å²) >= 11 is 1.46. The number of amides is 1. The maximum absolute atomic E-state index is 14.1. The SMILES string of the molecule is COc1ccccc1C(=O)N1CCS[C@@H]1c1ccc(F)cc1F. The highest BCUT2D eigenvalue weighted by atomic mass is 32.2. The molecule has 0 spiro atoms. The van der Waals surface area contributed by atoms with E-state index in [0.717, 1.165) is 6.07 Å². The smallest absolute Gasteiger partial charge is 0.258 e. The summed E-state index contributed by atoms with van der Waals surface area (Å²) < 4.78 is 32.4. The third-order valence-electron chi connectivity index (χ3n) is 3.72. The number of ether oxygens (including phenoxy) is 1. The van der Waals surface area contributed by atoms with Crippen LogP contribution in [0.5, 0.6) is 5.75 Å². The summed E-state index contributed by atoms with van der Waals surface area (Å²) in [7, 11) is 1.50. The van der Waals surface area contributed by atoms with E-state index in [1.165, 1.54) is 31.0 Å². The topological polar surface area (TPSA) is 29.5 Å². The highest BCUT2D eigenvalue weighted by Gasteiger charge is 2.34. The summed E-state index contributed by atoms with van der Waals surface area (Å²) in [5.41, 5.74) is 0.752. The number of rotatable bonds is 3. The van der Waals surface area contributed by atoms with E-state index in [2.05, 4.69) is 0 Å². The van der Waals surface area contributed by atoms with Crippen LogP contribution in [-0.4, -0.2) is 30.2 Å². The molecule has 0 aromatic heterocycles. The number of hydrogen-bond donors (Lipinski definition) is 0. The predicted molar refractivity (Wildman–Crippen MR) is 85.6 cm³/mol. The van der Waals surface area contributed by atoms with Crippen molar-refractivity contribution >= 4 is 17.7 Å². The van der Waals surface area contributed by atoms with E-state index in [9.17, 15) is 13.6 Å². The van der Waals surface area contributed by atoms with Crippen LogP contribution in [0.25, 0.3) is 0 Å². The number of methoxy groups -OCH3 is 1. The Labute approximate surface area is 137 Å². The van der Waals surface area contributed by atoms with Crippen LogP contribution in [-0.2, 0) is 0 Å². The number of thioether (sulfide) groups is 1. The van der Waals surface area contributed by atoms with Gasteiger partial charge in [-0.05, 0) is 18.2 Å². The molecule has 0 unspecified atom stereocenters. The largest absolute Gasteiger partial charge is 0.496 e. The Morgan fingerprint density at radius 3 is 2.78 bits per heavy atom. The van der Waals surface area contributed by atoms with Crippen LogP contribution < -0.4 is 4.74 Å². The molecule has 0 aliphatic carbocycles. The van der Waals surface area contributed by atoms with Crippen LogP contribution in [0.3, 0.4) is 0 Å². The van der Waals surface area contributed by atoms with E-state index < -0.39 is 17.0 Å². The quantitative estimate of drug-likeness (QED) is 0.853. The van der Waals surface area contributed by atoms with Gasteiger partial charge in [0.15, 0.2) is 0 Å². The number of hydrogen-bond acceptors (Lipinski definition) is 3. The molecule has 1 fully saturated rings. The van der Waals surface area contributed by atoms with Gasteiger partial charge in [0.1, 0.15) is 22.8 Å². The number of carbonyl (C=O) groups is 1. The monoisotopic (exact) mass is 335 g/mol. The molecule has 2 aromatic carbocycles. The second-order valence-corrected chi connectivity index (χ2v) is 6.28. The lowest BCUT2D eigenvalue weighted by atomic mass is 10.1. The van der Waals surface area contributed by atoms with Crippen LogP contribution in [0.1, 0.15) is 21.3 Å². The normalized spacial score (nSPS) is 17.3. The van der Waals surface area contributed by atoms with E-state index in [0.29, 0.717) is 29.2 Å². The predicted octanol–water partition coefficient (Wildman–Crippen LogP) is 3.86. The number of para-hydroxylation sites is 1. The molecule has 1 atom stereocenters. The zero-order valence-electron chi connectivity index (χ0n) is 12.5. The van der Waals surface area contributed by atoms with Crippen molar-refractivity contribution in [2.24, 2.45) is 0 Å². The van der Waals surface area contributed by atoms with Crippen LogP contribution >= 0.6 is 11.8 Å². The molecule has 3 rings (SSSR count). The molecular weight excluding hydrogens is 320 g/mol. The first-order chi connectivity index (χ1) is 11.1. The first-order valence-electron chi connectivity index (χ1n) is 7.12. The van der Waals surface area contributed by atoms with Gasteiger partial charge in [-0.1, -0.05) is 18.2 Å². The van der Waals surface area contributed by atoms with Crippen molar-refractivity contribution in [3.05, 3.63) is 65.2 Å². The number of nitrogens with zero attached hydrogens (tertiary/aromatic N) is 1. The molecule has 1 amide bonds. The summed E-state index contributed by atoms with van der Waals surface area (Å²) in [6.45, 7) is 0.503.